The Hall–Kier alpha value is -1.95. The van der Waals surface area contributed by atoms with E-state index in [-0.39, 0.29) is 23.3 Å². The first-order valence-electron chi connectivity index (χ1n) is 10.7. The molecule has 4 rings (SSSR count). The van der Waals surface area contributed by atoms with Crippen LogP contribution in [-0.2, 0) is 9.53 Å². The quantitative estimate of drug-likeness (QED) is 0.846. The van der Waals surface area contributed by atoms with E-state index in [1.165, 1.54) is 0 Å². The van der Waals surface area contributed by atoms with Crippen LogP contribution in [-0.4, -0.2) is 53.5 Å². The van der Waals surface area contributed by atoms with E-state index >= 15 is 0 Å². The van der Waals surface area contributed by atoms with Gasteiger partial charge in [-0.1, -0.05) is 6.07 Å². The Bertz CT molecular complexity index is 723. The molecule has 28 heavy (non-hydrogen) atoms. The van der Waals surface area contributed by atoms with Crippen molar-refractivity contribution in [2.45, 2.75) is 57.5 Å². The van der Waals surface area contributed by atoms with Crippen LogP contribution in [0.1, 0.15) is 61.1 Å². The van der Waals surface area contributed by atoms with E-state index in [0.717, 1.165) is 76.9 Å². The largest absolute Gasteiger partial charge is 0.375 e. The van der Waals surface area contributed by atoms with Gasteiger partial charge in [-0.05, 0) is 69.9 Å². The van der Waals surface area contributed by atoms with Gasteiger partial charge in [0.25, 0.3) is 5.91 Å². The van der Waals surface area contributed by atoms with E-state index in [1.54, 1.807) is 6.07 Å². The molecule has 1 N–H and O–H groups in total. The number of aromatic nitrogens is 1. The molecule has 3 aliphatic rings. The van der Waals surface area contributed by atoms with Gasteiger partial charge in [0, 0.05) is 37.9 Å². The lowest BCUT2D eigenvalue weighted by atomic mass is 9.78. The first kappa shape index (κ1) is 19.4. The van der Waals surface area contributed by atoms with Gasteiger partial charge >= 0.3 is 0 Å². The van der Waals surface area contributed by atoms with Gasteiger partial charge in [-0.25, -0.2) is 4.98 Å². The van der Waals surface area contributed by atoms with E-state index in [0.29, 0.717) is 11.6 Å². The lowest BCUT2D eigenvalue weighted by Gasteiger charge is -2.46. The summed E-state index contributed by atoms with van der Waals surface area (Å²) in [4.78, 5) is 30.8. The van der Waals surface area contributed by atoms with E-state index in [9.17, 15) is 9.59 Å². The first-order valence-corrected chi connectivity index (χ1v) is 10.7. The number of ether oxygens (including phenoxy) is 1. The number of likely N-dealkylation sites (tertiary alicyclic amines) is 1. The summed E-state index contributed by atoms with van der Waals surface area (Å²) in [6.07, 6.45) is 7.01. The van der Waals surface area contributed by atoms with Crippen molar-refractivity contribution in [1.82, 2.24) is 15.2 Å². The summed E-state index contributed by atoms with van der Waals surface area (Å²) in [5.41, 5.74) is 1.30. The number of aryl methyl sites for hydroxylation is 1. The topological polar surface area (TPSA) is 71.5 Å². The molecule has 6 nitrogen and oxygen atoms in total. The molecule has 2 saturated heterocycles. The summed E-state index contributed by atoms with van der Waals surface area (Å²) >= 11 is 0. The summed E-state index contributed by atoms with van der Waals surface area (Å²) in [7, 11) is 0. The Balaban J connectivity index is 1.26. The zero-order valence-corrected chi connectivity index (χ0v) is 16.8. The van der Waals surface area contributed by atoms with Gasteiger partial charge in [0.15, 0.2) is 0 Å². The second-order valence-corrected chi connectivity index (χ2v) is 8.70. The summed E-state index contributed by atoms with van der Waals surface area (Å²) < 4.78 is 6.22. The van der Waals surface area contributed by atoms with Gasteiger partial charge in [-0.2, -0.15) is 0 Å². The highest BCUT2D eigenvalue weighted by molar-refractivity contribution is 5.92. The van der Waals surface area contributed by atoms with Gasteiger partial charge in [0.1, 0.15) is 5.69 Å². The van der Waals surface area contributed by atoms with Crippen LogP contribution >= 0.6 is 0 Å². The predicted molar refractivity (Wildman–Crippen MR) is 106 cm³/mol. The Morgan fingerprint density at radius 3 is 2.75 bits per heavy atom. The molecule has 6 heteroatoms. The fourth-order valence-electron chi connectivity index (χ4n) is 4.55. The molecule has 1 aromatic rings. The van der Waals surface area contributed by atoms with Crippen molar-refractivity contribution in [2.24, 2.45) is 11.8 Å². The maximum atomic E-state index is 12.7. The van der Waals surface area contributed by atoms with Gasteiger partial charge in [0.05, 0.1) is 5.60 Å². The highest BCUT2D eigenvalue weighted by Crippen LogP contribution is 2.39. The minimum Gasteiger partial charge on any atom is -0.375 e. The maximum absolute atomic E-state index is 12.7. The fourth-order valence-corrected chi connectivity index (χ4v) is 4.55. The molecule has 3 heterocycles. The van der Waals surface area contributed by atoms with E-state index in [1.807, 2.05) is 24.0 Å². The summed E-state index contributed by atoms with van der Waals surface area (Å²) in [6.45, 7) is 4.92. The molecular weight excluding hydrogens is 354 g/mol. The zero-order valence-electron chi connectivity index (χ0n) is 16.8. The van der Waals surface area contributed by atoms with Gasteiger partial charge in [-0.15, -0.1) is 0 Å². The number of hydrogen-bond donors (Lipinski definition) is 1. The predicted octanol–water partition coefficient (Wildman–Crippen LogP) is 2.71. The van der Waals surface area contributed by atoms with Crippen molar-refractivity contribution < 1.29 is 14.3 Å². The van der Waals surface area contributed by atoms with Crippen LogP contribution in [0.25, 0.3) is 0 Å². The van der Waals surface area contributed by atoms with E-state index in [2.05, 4.69) is 10.3 Å². The van der Waals surface area contributed by atoms with Crippen LogP contribution in [0.4, 0.5) is 0 Å². The van der Waals surface area contributed by atoms with Crippen molar-refractivity contribution >= 4 is 11.8 Å². The molecule has 1 spiro atoms. The van der Waals surface area contributed by atoms with E-state index in [4.69, 9.17) is 4.74 Å². The highest BCUT2D eigenvalue weighted by atomic mass is 16.5. The lowest BCUT2D eigenvalue weighted by molar-refractivity contribution is -0.125. The van der Waals surface area contributed by atoms with Crippen molar-refractivity contribution in [3.63, 3.8) is 0 Å². The third-order valence-corrected chi connectivity index (χ3v) is 6.46. The molecule has 0 radical (unpaired) electrons. The number of amides is 2. The maximum Gasteiger partial charge on any atom is 0.272 e. The molecule has 1 unspecified atom stereocenters. The Kier molecular flexibility index (Phi) is 5.67. The minimum absolute atomic E-state index is 0.0219. The third-order valence-electron chi connectivity index (χ3n) is 6.46. The average Bonchev–Trinajstić information content (AvgIpc) is 3.54. The fraction of sp³-hybridized carbons (Fsp3) is 0.682. The van der Waals surface area contributed by atoms with Crippen molar-refractivity contribution in [1.29, 1.82) is 0 Å². The molecule has 0 aromatic carbocycles. The normalized spacial score (nSPS) is 24.2. The lowest BCUT2D eigenvalue weighted by Crippen LogP contribution is -2.51. The molecule has 1 aliphatic carbocycles. The van der Waals surface area contributed by atoms with Gasteiger partial charge in [-0.3, -0.25) is 9.59 Å². The van der Waals surface area contributed by atoms with Gasteiger partial charge < -0.3 is 15.0 Å². The van der Waals surface area contributed by atoms with Crippen molar-refractivity contribution in [2.75, 3.05) is 26.2 Å². The number of piperidine rings is 1. The average molecular weight is 386 g/mol. The Morgan fingerprint density at radius 2 is 2.04 bits per heavy atom. The van der Waals surface area contributed by atoms with Crippen LogP contribution < -0.4 is 5.32 Å². The molecular formula is C22H31N3O3. The minimum atomic E-state index is -0.0970. The smallest absolute Gasteiger partial charge is 0.272 e. The van der Waals surface area contributed by atoms with Crippen molar-refractivity contribution in [3.05, 3.63) is 29.6 Å². The third kappa shape index (κ3) is 4.54. The zero-order chi connectivity index (χ0) is 19.6. The Morgan fingerprint density at radius 1 is 1.25 bits per heavy atom. The van der Waals surface area contributed by atoms with Crippen LogP contribution in [0.5, 0.6) is 0 Å². The molecule has 152 valence electrons. The number of carbonyl (C=O) groups excluding carboxylic acids is 2. The molecule has 1 atom stereocenters. The van der Waals surface area contributed by atoms with E-state index < -0.39 is 0 Å². The van der Waals surface area contributed by atoms with Gasteiger partial charge in [0.2, 0.25) is 5.91 Å². The molecule has 3 fully saturated rings. The highest BCUT2D eigenvalue weighted by Gasteiger charge is 2.41. The number of hydrogen-bond acceptors (Lipinski definition) is 4. The number of nitrogens with one attached hydrogen (secondary N) is 1. The SMILES string of the molecule is Cc1cccc(C(=O)N2CCC3(CC2)CC(CCNC(=O)C2CC2)CCO3)n1. The summed E-state index contributed by atoms with van der Waals surface area (Å²) in [5.74, 6) is 1.13. The second-order valence-electron chi connectivity index (χ2n) is 8.70. The number of rotatable bonds is 5. The van der Waals surface area contributed by atoms with Crippen LogP contribution in [0.3, 0.4) is 0 Å². The molecule has 2 aliphatic heterocycles. The first-order chi connectivity index (χ1) is 13.5. The summed E-state index contributed by atoms with van der Waals surface area (Å²) in [6, 6.07) is 5.59. The molecule has 1 aromatic heterocycles. The second kappa shape index (κ2) is 8.19. The Labute approximate surface area is 167 Å². The summed E-state index contributed by atoms with van der Waals surface area (Å²) in [5, 5.41) is 3.09. The van der Waals surface area contributed by atoms with Crippen LogP contribution in [0, 0.1) is 18.8 Å². The monoisotopic (exact) mass is 385 g/mol. The molecule has 0 bridgehead atoms. The number of pyridine rings is 1. The van der Waals surface area contributed by atoms with Crippen LogP contribution in [0.2, 0.25) is 0 Å². The number of carbonyl (C=O) groups is 2. The standard InChI is InChI=1S/C22H31N3O3/c1-16-3-2-4-19(24-16)21(27)25-12-9-22(10-13-25)15-17(8-14-28-22)7-11-23-20(26)18-5-6-18/h2-4,17-18H,5-15H2,1H3,(H,23,26). The molecule has 1 saturated carbocycles. The van der Waals surface area contributed by atoms with Crippen LogP contribution in [0.15, 0.2) is 18.2 Å². The molecule has 2 amide bonds. The van der Waals surface area contributed by atoms with Crippen molar-refractivity contribution in [3.8, 4) is 0 Å². The number of nitrogens with zero attached hydrogens (tertiary/aromatic N) is 2.